The molecular weight excluding hydrogens is 224 g/mol. The molecule has 3 heteroatoms. The van der Waals surface area contributed by atoms with E-state index in [1.165, 1.54) is 0 Å². The quantitative estimate of drug-likeness (QED) is 0.595. The van der Waals surface area contributed by atoms with Gasteiger partial charge in [-0.3, -0.25) is 4.79 Å². The minimum absolute atomic E-state index is 0.112. The predicted octanol–water partition coefficient (Wildman–Crippen LogP) is 3.70. The molecule has 0 saturated carbocycles. The Morgan fingerprint density at radius 3 is 2.60 bits per heavy atom. The first-order valence-corrected chi connectivity index (χ1v) is 6.64. The van der Waals surface area contributed by atoms with Crippen LogP contribution in [0.4, 0.5) is 0 Å². The van der Waals surface area contributed by atoms with E-state index in [1.54, 1.807) is 23.1 Å². The van der Waals surface area contributed by atoms with Crippen molar-refractivity contribution in [1.82, 2.24) is 0 Å². The van der Waals surface area contributed by atoms with Gasteiger partial charge < -0.3 is 0 Å². The van der Waals surface area contributed by atoms with Crippen LogP contribution in [0.15, 0.2) is 46.0 Å². The van der Waals surface area contributed by atoms with Crippen LogP contribution in [-0.4, -0.2) is 12.0 Å². The maximum atomic E-state index is 12.1. The fourth-order valence-electron chi connectivity index (χ4n) is 1.37. The monoisotopic (exact) mass is 234 g/mol. The van der Waals surface area contributed by atoms with Crippen molar-refractivity contribution in [2.75, 3.05) is 6.26 Å². The van der Waals surface area contributed by atoms with E-state index >= 15 is 0 Å². The number of thioether (sulfide) groups is 1. The lowest BCUT2D eigenvalue weighted by Gasteiger charge is -2.00. The van der Waals surface area contributed by atoms with E-state index in [-0.39, 0.29) is 5.78 Å². The lowest BCUT2D eigenvalue weighted by molar-refractivity contribution is 0.103. The average molecular weight is 234 g/mol. The average Bonchev–Trinajstić information content (AvgIpc) is 2.77. The molecule has 0 radical (unpaired) electrons. The topological polar surface area (TPSA) is 17.1 Å². The van der Waals surface area contributed by atoms with E-state index in [2.05, 4.69) is 0 Å². The number of benzene rings is 1. The Labute approximate surface area is 97.1 Å². The first-order chi connectivity index (χ1) is 7.33. The highest BCUT2D eigenvalue weighted by Crippen LogP contribution is 2.28. The highest BCUT2D eigenvalue weighted by Gasteiger charge is 2.13. The Bertz CT molecular complexity index is 459. The maximum Gasteiger partial charge on any atom is 0.195 e. The van der Waals surface area contributed by atoms with E-state index in [0.29, 0.717) is 0 Å². The summed E-state index contributed by atoms with van der Waals surface area (Å²) in [4.78, 5) is 12.1. The summed E-state index contributed by atoms with van der Waals surface area (Å²) in [6.45, 7) is 0. The van der Waals surface area contributed by atoms with Gasteiger partial charge in [0.15, 0.2) is 5.78 Å². The second-order valence-corrected chi connectivity index (χ2v) is 5.01. The molecule has 0 spiro atoms. The zero-order chi connectivity index (χ0) is 10.7. The van der Waals surface area contributed by atoms with Crippen LogP contribution in [0.3, 0.4) is 0 Å². The lowest BCUT2D eigenvalue weighted by atomic mass is 10.1. The summed E-state index contributed by atoms with van der Waals surface area (Å²) in [5.74, 6) is 0.112. The second kappa shape index (κ2) is 4.64. The summed E-state index contributed by atoms with van der Waals surface area (Å²) in [6.07, 6.45) is 1.99. The van der Waals surface area contributed by atoms with E-state index < -0.39 is 0 Å². The Hall–Kier alpha value is -1.06. The molecular formula is C12H10OS2. The number of carbonyl (C=O) groups is 1. The van der Waals surface area contributed by atoms with Crippen LogP contribution in [0.2, 0.25) is 0 Å². The zero-order valence-electron chi connectivity index (χ0n) is 8.27. The Morgan fingerprint density at radius 1 is 1.20 bits per heavy atom. The number of carbonyl (C=O) groups excluding carboxylic acids is 1. The number of ketones is 1. The van der Waals surface area contributed by atoms with Crippen molar-refractivity contribution in [3.63, 3.8) is 0 Å². The third-order valence-corrected chi connectivity index (χ3v) is 4.18. The third-order valence-electron chi connectivity index (χ3n) is 2.10. The molecule has 0 unspecified atom stereocenters. The molecule has 1 nitrogen and oxygen atoms in total. The molecule has 1 aromatic heterocycles. The van der Waals surface area contributed by atoms with Gasteiger partial charge in [0, 0.05) is 11.1 Å². The lowest BCUT2D eigenvalue weighted by Crippen LogP contribution is -1.99. The van der Waals surface area contributed by atoms with Crippen molar-refractivity contribution >= 4 is 28.9 Å². The molecule has 76 valence electrons. The van der Waals surface area contributed by atoms with Crippen LogP contribution < -0.4 is 0 Å². The molecule has 0 aliphatic heterocycles. The highest BCUT2D eigenvalue weighted by atomic mass is 32.2. The van der Waals surface area contributed by atoms with E-state index in [9.17, 15) is 4.79 Å². The summed E-state index contributed by atoms with van der Waals surface area (Å²) in [5, 5.41) is 1.96. The van der Waals surface area contributed by atoms with Crippen LogP contribution in [0.1, 0.15) is 15.9 Å². The summed E-state index contributed by atoms with van der Waals surface area (Å²) >= 11 is 3.24. The van der Waals surface area contributed by atoms with Gasteiger partial charge in [-0.05, 0) is 17.7 Å². The van der Waals surface area contributed by atoms with Crippen molar-refractivity contribution in [2.24, 2.45) is 0 Å². The molecule has 0 aliphatic carbocycles. The van der Waals surface area contributed by atoms with Gasteiger partial charge in [-0.2, -0.15) is 0 Å². The normalized spacial score (nSPS) is 10.2. The van der Waals surface area contributed by atoms with Crippen LogP contribution in [0.25, 0.3) is 0 Å². The van der Waals surface area contributed by atoms with Crippen molar-refractivity contribution in [3.05, 3.63) is 52.9 Å². The third kappa shape index (κ3) is 2.13. The van der Waals surface area contributed by atoms with Gasteiger partial charge in [0.1, 0.15) is 0 Å². The second-order valence-electron chi connectivity index (χ2n) is 3.02. The van der Waals surface area contributed by atoms with Gasteiger partial charge in [-0.1, -0.05) is 30.3 Å². The van der Waals surface area contributed by atoms with E-state index in [1.807, 2.05) is 48.0 Å². The van der Waals surface area contributed by atoms with Crippen molar-refractivity contribution < 1.29 is 4.79 Å². The minimum Gasteiger partial charge on any atom is -0.289 e. The fraction of sp³-hybridized carbons (Fsp3) is 0.0833. The minimum atomic E-state index is 0.112. The molecule has 0 saturated heterocycles. The molecule has 1 heterocycles. The van der Waals surface area contributed by atoms with Gasteiger partial charge in [0.05, 0.1) is 4.21 Å². The number of rotatable bonds is 3. The Morgan fingerprint density at radius 2 is 1.93 bits per heavy atom. The summed E-state index contributed by atoms with van der Waals surface area (Å²) in [7, 11) is 0. The summed E-state index contributed by atoms with van der Waals surface area (Å²) in [5.41, 5.74) is 1.57. The Kier molecular flexibility index (Phi) is 3.23. The van der Waals surface area contributed by atoms with Crippen LogP contribution in [-0.2, 0) is 0 Å². The fourth-order valence-corrected chi connectivity index (χ4v) is 2.91. The zero-order valence-corrected chi connectivity index (χ0v) is 9.90. The molecule has 1 aromatic carbocycles. The van der Waals surface area contributed by atoms with Gasteiger partial charge in [-0.25, -0.2) is 0 Å². The van der Waals surface area contributed by atoms with Crippen molar-refractivity contribution in [3.8, 4) is 0 Å². The summed E-state index contributed by atoms with van der Waals surface area (Å²) in [6, 6.07) is 11.3. The first-order valence-electron chi connectivity index (χ1n) is 4.54. The first kappa shape index (κ1) is 10.5. The number of hydrogen-bond acceptors (Lipinski definition) is 3. The molecule has 0 amide bonds. The summed E-state index contributed by atoms with van der Waals surface area (Å²) < 4.78 is 1.09. The highest BCUT2D eigenvalue weighted by molar-refractivity contribution is 8.00. The van der Waals surface area contributed by atoms with Crippen molar-refractivity contribution in [2.45, 2.75) is 4.21 Å². The molecule has 15 heavy (non-hydrogen) atoms. The standard InChI is InChI=1S/C12H10OS2/c1-14-12-10(7-8-15-12)11(13)9-5-3-2-4-6-9/h2-8H,1H3. The predicted molar refractivity (Wildman–Crippen MR) is 66.0 cm³/mol. The molecule has 0 aliphatic rings. The largest absolute Gasteiger partial charge is 0.289 e. The molecule has 2 rings (SSSR count). The Balaban J connectivity index is 2.37. The van der Waals surface area contributed by atoms with Crippen LogP contribution in [0.5, 0.6) is 0 Å². The van der Waals surface area contributed by atoms with Gasteiger partial charge in [0.25, 0.3) is 0 Å². The molecule has 0 bridgehead atoms. The van der Waals surface area contributed by atoms with Gasteiger partial charge in [-0.15, -0.1) is 23.1 Å². The molecule has 2 aromatic rings. The van der Waals surface area contributed by atoms with Gasteiger partial charge in [0.2, 0.25) is 0 Å². The van der Waals surface area contributed by atoms with E-state index in [0.717, 1.165) is 15.3 Å². The van der Waals surface area contributed by atoms with Crippen LogP contribution in [0, 0.1) is 0 Å². The SMILES string of the molecule is CSc1sccc1C(=O)c1ccccc1. The number of thiophene rings is 1. The van der Waals surface area contributed by atoms with Crippen LogP contribution >= 0.6 is 23.1 Å². The van der Waals surface area contributed by atoms with Gasteiger partial charge >= 0.3 is 0 Å². The molecule has 0 atom stereocenters. The maximum absolute atomic E-state index is 12.1. The van der Waals surface area contributed by atoms with Crippen molar-refractivity contribution in [1.29, 1.82) is 0 Å². The van der Waals surface area contributed by atoms with E-state index in [4.69, 9.17) is 0 Å². The molecule has 0 N–H and O–H groups in total. The molecule has 0 fully saturated rings. The smallest absolute Gasteiger partial charge is 0.195 e. The number of hydrogen-bond donors (Lipinski definition) is 0.